The number of benzene rings is 1. The van der Waals surface area contributed by atoms with E-state index in [2.05, 4.69) is 22.8 Å². The molecule has 0 bridgehead atoms. The number of aliphatic carboxylic acids is 1. The van der Waals surface area contributed by atoms with Gasteiger partial charge in [0.2, 0.25) is 0 Å². The highest BCUT2D eigenvalue weighted by Gasteiger charge is 2.13. The van der Waals surface area contributed by atoms with Crippen LogP contribution in [0.1, 0.15) is 61.8 Å². The number of nitrogens with zero attached hydrogens (tertiary/aromatic N) is 1. The van der Waals surface area contributed by atoms with Gasteiger partial charge in [-0.25, -0.2) is 4.98 Å². The Morgan fingerprint density at radius 1 is 1.12 bits per heavy atom. The van der Waals surface area contributed by atoms with Crippen LogP contribution in [0.4, 0.5) is 5.82 Å². The molecule has 2 aromatic rings. The van der Waals surface area contributed by atoms with Crippen LogP contribution < -0.4 is 10.6 Å². The third-order valence-electron chi connectivity index (χ3n) is 5.69. The lowest BCUT2D eigenvalue weighted by atomic mass is 10.0. The molecule has 0 spiro atoms. The maximum absolute atomic E-state index is 10.9. The second-order valence-corrected chi connectivity index (χ2v) is 8.18. The van der Waals surface area contributed by atoms with Gasteiger partial charge in [0.05, 0.1) is 0 Å². The van der Waals surface area contributed by atoms with E-state index >= 15 is 0 Å². The summed E-state index contributed by atoms with van der Waals surface area (Å²) in [4.78, 5) is 25.6. The fourth-order valence-electron chi connectivity index (χ4n) is 3.79. The van der Waals surface area contributed by atoms with Gasteiger partial charge in [0, 0.05) is 18.7 Å². The zero-order valence-electron chi connectivity index (χ0n) is 19.2. The third kappa shape index (κ3) is 9.60. The molecule has 1 unspecified atom stereocenters. The lowest BCUT2D eigenvalue weighted by Gasteiger charge is -2.17. The first-order valence-electron chi connectivity index (χ1n) is 11.7. The molecular weight excluding hydrogens is 402 g/mol. The molecule has 0 fully saturated rings. The van der Waals surface area contributed by atoms with Gasteiger partial charge in [-0.05, 0) is 56.3 Å². The Balaban J connectivity index is 0.000000336. The molecule has 0 radical (unpaired) electrons. The second-order valence-electron chi connectivity index (χ2n) is 8.18. The predicted octanol–water partition coefficient (Wildman–Crippen LogP) is 4.42. The van der Waals surface area contributed by atoms with Crippen LogP contribution in [0.25, 0.3) is 0 Å². The van der Waals surface area contributed by atoms with E-state index in [1.165, 1.54) is 30.5 Å². The summed E-state index contributed by atoms with van der Waals surface area (Å²) in [5.41, 5.74) is 3.60. The van der Waals surface area contributed by atoms with Gasteiger partial charge in [-0.2, -0.15) is 0 Å². The van der Waals surface area contributed by atoms with Crippen molar-refractivity contribution in [1.29, 1.82) is 0 Å². The third-order valence-corrected chi connectivity index (χ3v) is 5.69. The van der Waals surface area contributed by atoms with Gasteiger partial charge in [-0.15, -0.1) is 0 Å². The molecule has 1 aliphatic rings. The van der Waals surface area contributed by atoms with Crippen molar-refractivity contribution in [1.82, 2.24) is 10.3 Å². The molecule has 1 atom stereocenters. The van der Waals surface area contributed by atoms with Gasteiger partial charge in [0.15, 0.2) is 0 Å². The van der Waals surface area contributed by atoms with E-state index in [9.17, 15) is 9.59 Å². The molecule has 1 aromatic carbocycles. The van der Waals surface area contributed by atoms with E-state index in [4.69, 9.17) is 10.1 Å². The Kier molecular flexibility index (Phi) is 12.1. The molecule has 0 aliphatic carbocycles. The molecular formula is C26H37N3O3. The minimum absolute atomic E-state index is 0.401. The normalized spacial score (nSPS) is 13.2. The van der Waals surface area contributed by atoms with Crippen LogP contribution in [0.15, 0.2) is 42.5 Å². The largest absolute Gasteiger partial charge is 0.480 e. The summed E-state index contributed by atoms with van der Waals surface area (Å²) in [7, 11) is 1.71. The van der Waals surface area contributed by atoms with Crippen LogP contribution in [0.2, 0.25) is 0 Å². The Bertz CT molecular complexity index is 811. The number of carboxylic acid groups (broad SMARTS) is 1. The number of carbonyl (C=O) groups is 2. The van der Waals surface area contributed by atoms with Gasteiger partial charge in [-0.1, -0.05) is 62.1 Å². The number of fused-ring (bicyclic) bond motifs is 1. The van der Waals surface area contributed by atoms with E-state index in [1.807, 2.05) is 30.3 Å². The maximum Gasteiger partial charge on any atom is 0.320 e. The molecule has 3 N–H and O–H groups in total. The van der Waals surface area contributed by atoms with Crippen LogP contribution in [0, 0.1) is 0 Å². The molecule has 2 heterocycles. The smallest absolute Gasteiger partial charge is 0.320 e. The first-order valence-corrected chi connectivity index (χ1v) is 11.7. The quantitative estimate of drug-likeness (QED) is 0.335. The summed E-state index contributed by atoms with van der Waals surface area (Å²) < 4.78 is 0. The van der Waals surface area contributed by atoms with Crippen molar-refractivity contribution >= 4 is 18.1 Å². The highest BCUT2D eigenvalue weighted by molar-refractivity contribution is 5.73. The molecule has 32 heavy (non-hydrogen) atoms. The van der Waals surface area contributed by atoms with Crippen molar-refractivity contribution in [2.24, 2.45) is 0 Å². The first kappa shape index (κ1) is 25.5. The lowest BCUT2D eigenvalue weighted by Crippen LogP contribution is -2.33. The van der Waals surface area contributed by atoms with Crippen molar-refractivity contribution in [3.8, 4) is 0 Å². The van der Waals surface area contributed by atoms with Crippen LogP contribution >= 0.6 is 0 Å². The number of aryl methyl sites for hydroxylation is 2. The van der Waals surface area contributed by atoms with E-state index in [0.29, 0.717) is 12.8 Å². The van der Waals surface area contributed by atoms with E-state index in [0.717, 1.165) is 56.3 Å². The number of aromatic nitrogens is 1. The monoisotopic (exact) mass is 439 g/mol. The molecule has 3 rings (SSSR count). The summed E-state index contributed by atoms with van der Waals surface area (Å²) in [5, 5.41) is 15.2. The number of aldehydes is 1. The summed E-state index contributed by atoms with van der Waals surface area (Å²) in [5.74, 6) is 0.333. The topological polar surface area (TPSA) is 91.3 Å². The second kappa shape index (κ2) is 15.1. The van der Waals surface area contributed by atoms with Crippen LogP contribution in [0.3, 0.4) is 0 Å². The minimum atomic E-state index is -0.750. The molecule has 0 amide bonds. The molecule has 0 saturated carbocycles. The number of carbonyl (C=O) groups excluding carboxylic acids is 1. The summed E-state index contributed by atoms with van der Waals surface area (Å²) in [6.45, 7) is 1.04. The van der Waals surface area contributed by atoms with E-state index in [-0.39, 0.29) is 0 Å². The molecule has 174 valence electrons. The number of pyridine rings is 1. The lowest BCUT2D eigenvalue weighted by molar-refractivity contribution is -0.139. The zero-order chi connectivity index (χ0) is 23.0. The number of nitrogens with one attached hydrogen (secondary N) is 2. The number of likely N-dealkylation sites (N-methyl/N-ethyl adjacent to an activating group) is 1. The van der Waals surface area contributed by atoms with Crippen LogP contribution in [-0.2, 0) is 28.9 Å². The Morgan fingerprint density at radius 2 is 1.88 bits per heavy atom. The number of carboxylic acids is 1. The van der Waals surface area contributed by atoms with Gasteiger partial charge in [0.25, 0.3) is 0 Å². The van der Waals surface area contributed by atoms with Gasteiger partial charge in [0.1, 0.15) is 18.1 Å². The summed E-state index contributed by atoms with van der Waals surface area (Å²) in [6.07, 6.45) is 11.1. The molecule has 6 heteroatoms. The van der Waals surface area contributed by atoms with Crippen molar-refractivity contribution in [2.45, 2.75) is 70.3 Å². The Labute approximate surface area is 191 Å². The summed E-state index contributed by atoms with van der Waals surface area (Å²) in [6, 6.07) is 13.7. The van der Waals surface area contributed by atoms with E-state index in [1.54, 1.807) is 7.05 Å². The molecule has 1 aliphatic heterocycles. The highest BCUT2D eigenvalue weighted by atomic mass is 16.4. The van der Waals surface area contributed by atoms with E-state index < -0.39 is 12.0 Å². The van der Waals surface area contributed by atoms with Crippen LogP contribution in [0.5, 0.6) is 0 Å². The average molecular weight is 440 g/mol. The van der Waals surface area contributed by atoms with Crippen molar-refractivity contribution < 1.29 is 14.7 Å². The highest BCUT2D eigenvalue weighted by Crippen LogP contribution is 2.20. The van der Waals surface area contributed by atoms with Gasteiger partial charge in [-0.3, -0.25) is 4.79 Å². The zero-order valence-corrected chi connectivity index (χ0v) is 19.2. The van der Waals surface area contributed by atoms with Gasteiger partial charge < -0.3 is 20.5 Å². The number of rotatable bonds is 12. The van der Waals surface area contributed by atoms with Gasteiger partial charge >= 0.3 is 5.97 Å². The Hall–Kier alpha value is -2.73. The average Bonchev–Trinajstić information content (AvgIpc) is 2.82. The number of hydrogen-bond donors (Lipinski definition) is 3. The SMILES string of the molecule is CNC(CCCCCCCc1ccc2c(n1)NCCC2)C(=O)O.O=CCc1ccccc1. The fourth-order valence-corrected chi connectivity index (χ4v) is 3.79. The predicted molar refractivity (Wildman–Crippen MR) is 129 cm³/mol. The maximum atomic E-state index is 10.9. The molecule has 0 saturated heterocycles. The molecule has 1 aromatic heterocycles. The van der Waals surface area contributed by atoms with Crippen molar-refractivity contribution in [3.05, 3.63) is 59.3 Å². The number of unbranched alkanes of at least 4 members (excludes halogenated alkanes) is 4. The fraction of sp³-hybridized carbons (Fsp3) is 0.500. The van der Waals surface area contributed by atoms with Crippen LogP contribution in [-0.4, -0.2) is 42.0 Å². The number of hydrogen-bond acceptors (Lipinski definition) is 5. The van der Waals surface area contributed by atoms with Crippen molar-refractivity contribution in [2.75, 3.05) is 18.9 Å². The Morgan fingerprint density at radius 3 is 2.59 bits per heavy atom. The number of anilines is 1. The van der Waals surface area contributed by atoms with Crippen molar-refractivity contribution in [3.63, 3.8) is 0 Å². The first-order chi connectivity index (χ1) is 15.6. The minimum Gasteiger partial charge on any atom is -0.480 e. The molecule has 6 nitrogen and oxygen atoms in total. The summed E-state index contributed by atoms with van der Waals surface area (Å²) >= 11 is 0. The standard InChI is InChI=1S/C18H29N3O2.C8H8O/c1-19-16(18(22)23)10-6-4-2-3-5-9-15-12-11-14-8-7-13-20-17(14)21-15;9-7-6-8-4-2-1-3-5-8/h11-12,16,19H,2-10,13H2,1H3,(H,20,21)(H,22,23);1-5,7H,6H2.